The Labute approximate surface area is 184 Å². The van der Waals surface area contributed by atoms with Crippen LogP contribution >= 0.6 is 0 Å². The summed E-state index contributed by atoms with van der Waals surface area (Å²) in [4.78, 5) is 13.3. The summed E-state index contributed by atoms with van der Waals surface area (Å²) >= 11 is 0. The molecule has 0 radical (unpaired) electrons. The second kappa shape index (κ2) is 9.51. The summed E-state index contributed by atoms with van der Waals surface area (Å²) in [5.41, 5.74) is 0.683. The van der Waals surface area contributed by atoms with Crippen molar-refractivity contribution in [1.82, 2.24) is 10.6 Å². The largest absolute Gasteiger partial charge is 0.347 e. The quantitative estimate of drug-likeness (QED) is 0.677. The summed E-state index contributed by atoms with van der Waals surface area (Å²) in [6.07, 6.45) is 5.12. The van der Waals surface area contributed by atoms with Gasteiger partial charge in [-0.15, -0.1) is 0 Å². The van der Waals surface area contributed by atoms with E-state index in [4.69, 9.17) is 0 Å². The standard InChI is InChI=1S/C23H32F2N2O.C2H5F/c1-16-10-17-12-21(2,20(28)27-19-8-9-26-15-23(19,24)25)14-22(11-16,13-17)18-6-4-3-5-7-18;1-2-3/h3-7,16-17,19,26H,8-15H2,1-2H3,(H,27,28);2H2,1H3. The number of nitrogens with one attached hydrogen (secondary N) is 2. The van der Waals surface area contributed by atoms with Crippen molar-refractivity contribution in [3.63, 3.8) is 0 Å². The van der Waals surface area contributed by atoms with Crippen molar-refractivity contribution >= 4 is 5.91 Å². The predicted molar refractivity (Wildman–Crippen MR) is 118 cm³/mol. The molecule has 2 saturated carbocycles. The Kier molecular flexibility index (Phi) is 7.39. The van der Waals surface area contributed by atoms with Gasteiger partial charge in [0, 0.05) is 5.41 Å². The van der Waals surface area contributed by atoms with Crippen LogP contribution in [0.4, 0.5) is 13.2 Å². The molecule has 1 heterocycles. The van der Waals surface area contributed by atoms with Gasteiger partial charge in [0.05, 0.1) is 19.3 Å². The smallest absolute Gasteiger partial charge is 0.280 e. The fourth-order valence-electron chi connectivity index (χ4n) is 6.44. The number of carbonyl (C=O) groups is 1. The Bertz CT molecular complexity index is 740. The molecule has 31 heavy (non-hydrogen) atoms. The van der Waals surface area contributed by atoms with Crippen molar-refractivity contribution in [3.05, 3.63) is 35.9 Å². The van der Waals surface area contributed by atoms with Gasteiger partial charge in [0.25, 0.3) is 5.92 Å². The Morgan fingerprint density at radius 2 is 1.87 bits per heavy atom. The summed E-state index contributed by atoms with van der Waals surface area (Å²) < 4.78 is 38.8. The third-order valence-corrected chi connectivity index (χ3v) is 7.34. The molecule has 1 aromatic rings. The van der Waals surface area contributed by atoms with E-state index in [0.717, 1.165) is 32.1 Å². The molecule has 6 heteroatoms. The van der Waals surface area contributed by atoms with E-state index in [9.17, 15) is 18.0 Å². The summed E-state index contributed by atoms with van der Waals surface area (Å²) in [7, 11) is 0. The minimum absolute atomic E-state index is 0.0232. The van der Waals surface area contributed by atoms with E-state index in [2.05, 4.69) is 41.8 Å². The molecule has 1 aromatic carbocycles. The van der Waals surface area contributed by atoms with Crippen LogP contribution in [-0.4, -0.2) is 37.6 Å². The molecule has 2 aliphatic carbocycles. The van der Waals surface area contributed by atoms with Crippen LogP contribution in [0.1, 0.15) is 64.9 Å². The lowest BCUT2D eigenvalue weighted by atomic mass is 9.50. The number of hydrogen-bond acceptors (Lipinski definition) is 2. The van der Waals surface area contributed by atoms with E-state index in [0.29, 0.717) is 18.4 Å². The van der Waals surface area contributed by atoms with Crippen LogP contribution in [0, 0.1) is 17.3 Å². The second-order valence-electron chi connectivity index (χ2n) is 10.2. The number of hydrogen-bond donors (Lipinski definition) is 2. The van der Waals surface area contributed by atoms with Gasteiger partial charge in [-0.3, -0.25) is 9.18 Å². The molecule has 3 aliphatic rings. The molecule has 3 fully saturated rings. The maximum absolute atomic E-state index is 14.3. The number of amides is 1. The van der Waals surface area contributed by atoms with E-state index in [1.165, 1.54) is 12.5 Å². The van der Waals surface area contributed by atoms with Gasteiger partial charge in [-0.05, 0) is 74.8 Å². The normalized spacial score (nSPS) is 36.6. The summed E-state index contributed by atoms with van der Waals surface area (Å²) in [6, 6.07) is 9.46. The summed E-state index contributed by atoms with van der Waals surface area (Å²) in [6.45, 7) is 5.68. The van der Waals surface area contributed by atoms with Gasteiger partial charge < -0.3 is 10.6 Å². The molecule has 1 amide bonds. The Morgan fingerprint density at radius 1 is 1.19 bits per heavy atom. The van der Waals surface area contributed by atoms with E-state index in [1.807, 2.05) is 13.0 Å². The van der Waals surface area contributed by atoms with Crippen LogP contribution in [0.15, 0.2) is 30.3 Å². The number of piperidine rings is 1. The lowest BCUT2D eigenvalue weighted by Gasteiger charge is -2.54. The first-order valence-corrected chi connectivity index (χ1v) is 11.6. The highest BCUT2D eigenvalue weighted by Crippen LogP contribution is 2.58. The average molecular weight is 439 g/mol. The highest BCUT2D eigenvalue weighted by Gasteiger charge is 2.54. The average Bonchev–Trinajstić information content (AvgIpc) is 2.69. The van der Waals surface area contributed by atoms with Crippen molar-refractivity contribution in [2.75, 3.05) is 19.8 Å². The first-order valence-electron chi connectivity index (χ1n) is 11.6. The SMILES string of the molecule is CC1CC2CC(C)(C(=O)NC3CCNCC3(F)F)CC(c3ccccc3)(C1)C2.CCF. The van der Waals surface area contributed by atoms with Crippen molar-refractivity contribution in [2.24, 2.45) is 17.3 Å². The zero-order valence-corrected chi connectivity index (χ0v) is 19.0. The van der Waals surface area contributed by atoms with Crippen LogP contribution in [0.3, 0.4) is 0 Å². The lowest BCUT2D eigenvalue weighted by Crippen LogP contribution is -2.60. The molecule has 1 aliphatic heterocycles. The number of alkyl halides is 3. The molecule has 5 unspecified atom stereocenters. The minimum atomic E-state index is -2.89. The van der Waals surface area contributed by atoms with Gasteiger partial charge in [-0.1, -0.05) is 44.2 Å². The first-order chi connectivity index (χ1) is 14.6. The molecule has 4 rings (SSSR count). The molecule has 1 saturated heterocycles. The Balaban J connectivity index is 0.000000858. The van der Waals surface area contributed by atoms with E-state index < -0.39 is 17.4 Å². The zero-order valence-electron chi connectivity index (χ0n) is 19.0. The van der Waals surface area contributed by atoms with E-state index in [1.54, 1.807) is 0 Å². The fraction of sp³-hybridized carbons (Fsp3) is 0.720. The maximum Gasteiger partial charge on any atom is 0.280 e. The van der Waals surface area contributed by atoms with Crippen molar-refractivity contribution in [3.8, 4) is 0 Å². The fourth-order valence-corrected chi connectivity index (χ4v) is 6.44. The molecule has 0 aromatic heterocycles. The molecule has 5 atom stereocenters. The Morgan fingerprint density at radius 3 is 2.52 bits per heavy atom. The first kappa shape index (κ1) is 24.1. The highest BCUT2D eigenvalue weighted by atomic mass is 19.3. The van der Waals surface area contributed by atoms with Gasteiger partial charge in [-0.2, -0.15) is 0 Å². The van der Waals surface area contributed by atoms with Gasteiger partial charge in [0.1, 0.15) is 0 Å². The number of halogens is 3. The third-order valence-electron chi connectivity index (χ3n) is 7.34. The molecule has 2 N–H and O–H groups in total. The van der Waals surface area contributed by atoms with E-state index >= 15 is 0 Å². The topological polar surface area (TPSA) is 41.1 Å². The van der Waals surface area contributed by atoms with Gasteiger partial charge >= 0.3 is 0 Å². The molecule has 174 valence electrons. The van der Waals surface area contributed by atoms with Crippen molar-refractivity contribution in [2.45, 2.75) is 76.7 Å². The lowest BCUT2D eigenvalue weighted by molar-refractivity contribution is -0.142. The number of rotatable bonds is 3. The monoisotopic (exact) mass is 438 g/mol. The highest BCUT2D eigenvalue weighted by molar-refractivity contribution is 5.83. The molecule has 3 nitrogen and oxygen atoms in total. The number of carbonyl (C=O) groups excluding carboxylic acids is 1. The second-order valence-corrected chi connectivity index (χ2v) is 10.2. The van der Waals surface area contributed by atoms with Crippen molar-refractivity contribution < 1.29 is 18.0 Å². The van der Waals surface area contributed by atoms with Crippen LogP contribution in [-0.2, 0) is 10.2 Å². The molecular formula is C25H37F3N2O. The molecular weight excluding hydrogens is 401 g/mol. The van der Waals surface area contributed by atoms with Crippen LogP contribution in [0.5, 0.6) is 0 Å². The minimum Gasteiger partial charge on any atom is -0.347 e. The maximum atomic E-state index is 14.3. The molecule has 2 bridgehead atoms. The van der Waals surface area contributed by atoms with E-state index in [-0.39, 0.29) is 31.0 Å². The summed E-state index contributed by atoms with van der Waals surface area (Å²) in [5, 5.41) is 5.49. The number of fused-ring (bicyclic) bond motifs is 2. The zero-order chi connectivity index (χ0) is 22.7. The summed E-state index contributed by atoms with van der Waals surface area (Å²) in [5.74, 6) is -1.97. The van der Waals surface area contributed by atoms with Gasteiger partial charge in [-0.25, -0.2) is 8.78 Å². The third kappa shape index (κ3) is 5.27. The van der Waals surface area contributed by atoms with Gasteiger partial charge in [0.15, 0.2) is 0 Å². The van der Waals surface area contributed by atoms with Crippen LogP contribution in [0.25, 0.3) is 0 Å². The number of benzene rings is 1. The van der Waals surface area contributed by atoms with Crippen LogP contribution < -0.4 is 10.6 Å². The van der Waals surface area contributed by atoms with Crippen LogP contribution in [0.2, 0.25) is 0 Å². The Hall–Kier alpha value is -1.56. The molecule has 0 spiro atoms. The predicted octanol–water partition coefficient (Wildman–Crippen LogP) is 5.25. The van der Waals surface area contributed by atoms with Gasteiger partial charge in [0.2, 0.25) is 5.91 Å². The van der Waals surface area contributed by atoms with Crippen molar-refractivity contribution in [1.29, 1.82) is 0 Å².